The van der Waals surface area contributed by atoms with Crippen molar-refractivity contribution in [3.63, 3.8) is 0 Å². The Morgan fingerprint density at radius 2 is 2.28 bits per heavy atom. The third kappa shape index (κ3) is 2.18. The predicted molar refractivity (Wildman–Crippen MR) is 72.4 cm³/mol. The third-order valence-corrected chi connectivity index (χ3v) is 3.55. The monoisotopic (exact) mass is 328 g/mol. The summed E-state index contributed by atoms with van der Waals surface area (Å²) in [4.78, 5) is 8.65. The second kappa shape index (κ2) is 4.99. The van der Waals surface area contributed by atoms with Crippen molar-refractivity contribution < 1.29 is 9.47 Å². The van der Waals surface area contributed by atoms with E-state index in [-0.39, 0.29) is 6.10 Å². The van der Waals surface area contributed by atoms with E-state index in [1.807, 2.05) is 12.1 Å². The van der Waals surface area contributed by atoms with Crippen molar-refractivity contribution in [1.29, 1.82) is 0 Å². The SMILES string of the molecule is Clc1cc(CBr)c2nccc(OC3COC3)c2n1. The number of pyridine rings is 2. The van der Waals surface area contributed by atoms with Crippen LogP contribution in [-0.4, -0.2) is 29.3 Å². The summed E-state index contributed by atoms with van der Waals surface area (Å²) in [7, 11) is 0. The van der Waals surface area contributed by atoms with Gasteiger partial charge in [0.1, 0.15) is 22.5 Å². The van der Waals surface area contributed by atoms with Crippen LogP contribution < -0.4 is 4.74 Å². The highest BCUT2D eigenvalue weighted by atomic mass is 79.9. The van der Waals surface area contributed by atoms with E-state index in [1.54, 1.807) is 6.20 Å². The van der Waals surface area contributed by atoms with Crippen LogP contribution in [0.4, 0.5) is 0 Å². The Morgan fingerprint density at radius 3 is 2.94 bits per heavy atom. The number of rotatable bonds is 3. The maximum atomic E-state index is 6.02. The Bertz CT molecular complexity index is 590. The molecular formula is C12H10BrClN2O2. The Balaban J connectivity index is 2.10. The van der Waals surface area contributed by atoms with Crippen molar-refractivity contribution in [2.24, 2.45) is 0 Å². The van der Waals surface area contributed by atoms with Crippen molar-refractivity contribution in [2.45, 2.75) is 11.4 Å². The van der Waals surface area contributed by atoms with Gasteiger partial charge in [-0.3, -0.25) is 4.98 Å². The van der Waals surface area contributed by atoms with Gasteiger partial charge in [0.15, 0.2) is 0 Å². The van der Waals surface area contributed by atoms with Crippen molar-refractivity contribution in [3.8, 4) is 5.75 Å². The normalized spacial score (nSPS) is 15.7. The van der Waals surface area contributed by atoms with E-state index in [9.17, 15) is 0 Å². The molecule has 0 bridgehead atoms. The molecule has 0 saturated carbocycles. The standard InChI is InChI=1S/C12H10BrClN2O2/c13-4-7-3-10(14)16-12-9(1-2-15-11(7)12)18-8-5-17-6-8/h1-3,8H,4-6H2. The third-order valence-electron chi connectivity index (χ3n) is 2.75. The Hall–Kier alpha value is -0.910. The van der Waals surface area contributed by atoms with E-state index in [1.165, 1.54) is 0 Å². The molecule has 0 atom stereocenters. The predicted octanol–water partition coefficient (Wildman–Crippen LogP) is 2.96. The largest absolute Gasteiger partial charge is 0.483 e. The van der Waals surface area contributed by atoms with Gasteiger partial charge >= 0.3 is 0 Å². The number of halogens is 2. The van der Waals surface area contributed by atoms with Gasteiger partial charge in [-0.05, 0) is 11.6 Å². The average molecular weight is 330 g/mol. The van der Waals surface area contributed by atoms with Gasteiger partial charge in [-0.2, -0.15) is 0 Å². The molecule has 3 heterocycles. The van der Waals surface area contributed by atoms with Crippen LogP contribution in [0.5, 0.6) is 5.75 Å². The van der Waals surface area contributed by atoms with Crippen LogP contribution in [0.2, 0.25) is 5.15 Å². The zero-order chi connectivity index (χ0) is 12.5. The summed E-state index contributed by atoms with van der Waals surface area (Å²) in [5, 5.41) is 1.12. The molecular weight excluding hydrogens is 320 g/mol. The van der Waals surface area contributed by atoms with Crippen LogP contribution in [-0.2, 0) is 10.1 Å². The lowest BCUT2D eigenvalue weighted by atomic mass is 10.2. The summed E-state index contributed by atoms with van der Waals surface area (Å²) in [6.07, 6.45) is 1.82. The minimum atomic E-state index is 0.101. The van der Waals surface area contributed by atoms with Crippen molar-refractivity contribution in [3.05, 3.63) is 29.0 Å². The van der Waals surface area contributed by atoms with E-state index in [0.717, 1.165) is 11.1 Å². The number of aromatic nitrogens is 2. The highest BCUT2D eigenvalue weighted by Gasteiger charge is 2.22. The summed E-state index contributed by atoms with van der Waals surface area (Å²) in [6.45, 7) is 1.24. The van der Waals surface area contributed by atoms with E-state index in [4.69, 9.17) is 21.1 Å². The van der Waals surface area contributed by atoms with Crippen molar-refractivity contribution >= 4 is 38.6 Å². The number of fused-ring (bicyclic) bond motifs is 1. The highest BCUT2D eigenvalue weighted by Crippen LogP contribution is 2.29. The Labute approximate surface area is 117 Å². The molecule has 1 saturated heterocycles. The van der Waals surface area contributed by atoms with Crippen LogP contribution >= 0.6 is 27.5 Å². The smallest absolute Gasteiger partial charge is 0.149 e. The molecule has 2 aromatic rings. The van der Waals surface area contributed by atoms with Gasteiger partial charge in [-0.1, -0.05) is 27.5 Å². The maximum Gasteiger partial charge on any atom is 0.149 e. The molecule has 1 aliphatic heterocycles. The zero-order valence-electron chi connectivity index (χ0n) is 9.40. The summed E-state index contributed by atoms with van der Waals surface area (Å²) in [5.41, 5.74) is 2.51. The Kier molecular flexibility index (Phi) is 3.37. The van der Waals surface area contributed by atoms with Crippen LogP contribution in [0.3, 0.4) is 0 Å². The summed E-state index contributed by atoms with van der Waals surface area (Å²) in [6, 6.07) is 3.61. The molecule has 94 valence electrons. The molecule has 4 nitrogen and oxygen atoms in total. The highest BCUT2D eigenvalue weighted by molar-refractivity contribution is 9.08. The second-order valence-electron chi connectivity index (χ2n) is 4.02. The van der Waals surface area contributed by atoms with Gasteiger partial charge in [0.25, 0.3) is 0 Å². The fourth-order valence-corrected chi connectivity index (χ4v) is 2.43. The lowest BCUT2D eigenvalue weighted by Gasteiger charge is -2.27. The number of alkyl halides is 1. The summed E-state index contributed by atoms with van der Waals surface area (Å²) >= 11 is 9.44. The van der Waals surface area contributed by atoms with Gasteiger partial charge in [0.2, 0.25) is 0 Å². The number of hydrogen-bond donors (Lipinski definition) is 0. The molecule has 0 radical (unpaired) electrons. The fraction of sp³-hybridized carbons (Fsp3) is 0.333. The Morgan fingerprint density at radius 1 is 1.44 bits per heavy atom. The van der Waals surface area contributed by atoms with Gasteiger partial charge in [-0.15, -0.1) is 0 Å². The number of ether oxygens (including phenoxy) is 2. The van der Waals surface area contributed by atoms with E-state index < -0.39 is 0 Å². The molecule has 0 aromatic carbocycles. The van der Waals surface area contributed by atoms with Crippen LogP contribution in [0.1, 0.15) is 5.56 Å². The molecule has 0 N–H and O–H groups in total. The topological polar surface area (TPSA) is 44.2 Å². The molecule has 0 aliphatic carbocycles. The lowest BCUT2D eigenvalue weighted by molar-refractivity contribution is -0.0791. The van der Waals surface area contributed by atoms with E-state index >= 15 is 0 Å². The lowest BCUT2D eigenvalue weighted by Crippen LogP contribution is -2.38. The first kappa shape index (κ1) is 12.1. The minimum Gasteiger partial charge on any atom is -0.483 e. The molecule has 0 unspecified atom stereocenters. The van der Waals surface area contributed by atoms with Gasteiger partial charge < -0.3 is 9.47 Å². The second-order valence-corrected chi connectivity index (χ2v) is 4.97. The van der Waals surface area contributed by atoms with Crippen LogP contribution in [0, 0.1) is 0 Å². The minimum absolute atomic E-state index is 0.101. The van der Waals surface area contributed by atoms with Gasteiger partial charge in [0, 0.05) is 17.6 Å². The first-order valence-corrected chi connectivity index (χ1v) is 7.02. The molecule has 2 aromatic heterocycles. The average Bonchev–Trinajstić information content (AvgIpc) is 2.33. The maximum absolute atomic E-state index is 6.02. The molecule has 6 heteroatoms. The van der Waals surface area contributed by atoms with Gasteiger partial charge in [0.05, 0.1) is 18.7 Å². The van der Waals surface area contributed by atoms with Crippen LogP contribution in [0.25, 0.3) is 11.0 Å². The molecule has 1 fully saturated rings. The first-order valence-electron chi connectivity index (χ1n) is 5.52. The van der Waals surface area contributed by atoms with Crippen molar-refractivity contribution in [1.82, 2.24) is 9.97 Å². The number of hydrogen-bond acceptors (Lipinski definition) is 4. The zero-order valence-corrected chi connectivity index (χ0v) is 11.7. The summed E-state index contributed by atoms with van der Waals surface area (Å²) in [5.74, 6) is 0.706. The van der Waals surface area contributed by atoms with E-state index in [2.05, 4.69) is 25.9 Å². The molecule has 3 rings (SSSR count). The quantitative estimate of drug-likeness (QED) is 0.641. The fourth-order valence-electron chi connectivity index (χ4n) is 1.79. The molecule has 0 spiro atoms. The van der Waals surface area contributed by atoms with E-state index in [0.29, 0.717) is 35.0 Å². The molecule has 18 heavy (non-hydrogen) atoms. The van der Waals surface area contributed by atoms with Crippen molar-refractivity contribution in [2.75, 3.05) is 13.2 Å². The van der Waals surface area contributed by atoms with Gasteiger partial charge in [-0.25, -0.2) is 4.98 Å². The summed E-state index contributed by atoms with van der Waals surface area (Å²) < 4.78 is 10.9. The van der Waals surface area contributed by atoms with Crippen LogP contribution in [0.15, 0.2) is 18.3 Å². The molecule has 0 amide bonds. The number of nitrogens with zero attached hydrogens (tertiary/aromatic N) is 2. The molecule has 1 aliphatic rings. The first-order chi connectivity index (χ1) is 8.78.